The molecule has 0 saturated carbocycles. The molecule has 3 nitrogen and oxygen atoms in total. The van der Waals surface area contributed by atoms with Gasteiger partial charge in [0, 0.05) is 7.05 Å². The van der Waals surface area contributed by atoms with Gasteiger partial charge in [-0.2, -0.15) is 0 Å². The summed E-state index contributed by atoms with van der Waals surface area (Å²) in [5, 5.41) is 4.59. The van der Waals surface area contributed by atoms with Crippen LogP contribution in [0.25, 0.3) is 0 Å². The Balaban J connectivity index is 3.08. The Labute approximate surface area is 92.1 Å². The van der Waals surface area contributed by atoms with Gasteiger partial charge in [0.2, 0.25) is 0 Å². The molecule has 0 aliphatic rings. The Bertz CT molecular complexity index is 321. The van der Waals surface area contributed by atoms with E-state index in [-0.39, 0.29) is 5.67 Å². The Morgan fingerprint density at radius 2 is 1.73 bits per heavy atom. The van der Waals surface area contributed by atoms with Crippen LogP contribution in [-0.4, -0.2) is 20.1 Å². The second kappa shape index (κ2) is 4.57. The van der Waals surface area contributed by atoms with Gasteiger partial charge in [0.1, 0.15) is 0 Å². The summed E-state index contributed by atoms with van der Waals surface area (Å²) in [5.41, 5.74) is 1.33. The van der Waals surface area contributed by atoms with E-state index < -0.39 is 8.07 Å². The normalized spacial score (nSPS) is 13.3. The molecular weight excluding hydrogens is 204 g/mol. The van der Waals surface area contributed by atoms with Gasteiger partial charge in [-0.25, -0.2) is 0 Å². The lowest BCUT2D eigenvalue weighted by Crippen LogP contribution is -2.39. The first kappa shape index (κ1) is 11.9. The van der Waals surface area contributed by atoms with Crippen molar-refractivity contribution in [1.82, 2.24) is 5.01 Å². The molecule has 0 radical (unpaired) electrons. The van der Waals surface area contributed by atoms with Crippen LogP contribution in [0.4, 0.5) is 0 Å². The maximum atomic E-state index is 10.7. The molecule has 0 N–H and O–H groups in total. The largest absolute Gasteiger partial charge is 0.260 e. The van der Waals surface area contributed by atoms with Crippen LogP contribution < -0.4 is 0 Å². The molecule has 4 heteroatoms. The minimum absolute atomic E-state index is 0.149. The minimum atomic E-state index is -1.48. The molecule has 0 amide bonds. The standard InChI is InChI=1S/C11H18N2OSi/c1-13(12-14)11(15(2,3)4)10-8-6-5-7-9-10/h5-9,11H,1-4H3. The SMILES string of the molecule is CN(N=O)C(c1ccccc1)[Si](C)(C)C. The zero-order valence-corrected chi connectivity index (χ0v) is 10.8. The fourth-order valence-corrected chi connectivity index (χ4v) is 4.32. The van der Waals surface area contributed by atoms with Crippen molar-refractivity contribution in [2.24, 2.45) is 5.29 Å². The van der Waals surface area contributed by atoms with E-state index in [1.54, 1.807) is 12.1 Å². The first-order valence-corrected chi connectivity index (χ1v) is 8.65. The van der Waals surface area contributed by atoms with Gasteiger partial charge in [-0.3, -0.25) is 5.01 Å². The highest BCUT2D eigenvalue weighted by molar-refractivity contribution is 6.77. The summed E-state index contributed by atoms with van der Waals surface area (Å²) in [7, 11) is 0.274. The Morgan fingerprint density at radius 1 is 1.20 bits per heavy atom. The van der Waals surface area contributed by atoms with E-state index in [1.165, 1.54) is 5.56 Å². The second-order valence-corrected chi connectivity index (χ2v) is 10.1. The van der Waals surface area contributed by atoms with Gasteiger partial charge in [-0.15, -0.1) is 4.91 Å². The fraction of sp³-hybridized carbons (Fsp3) is 0.455. The smallest absolute Gasteiger partial charge is 0.0785 e. The van der Waals surface area contributed by atoms with Crippen LogP contribution in [0, 0.1) is 4.91 Å². The van der Waals surface area contributed by atoms with Gasteiger partial charge < -0.3 is 0 Å². The van der Waals surface area contributed by atoms with Crippen molar-refractivity contribution in [3.63, 3.8) is 0 Å². The molecule has 0 heterocycles. The molecule has 82 valence electrons. The topological polar surface area (TPSA) is 32.7 Å². The summed E-state index contributed by atoms with van der Waals surface area (Å²) in [6.07, 6.45) is 0. The predicted octanol–water partition coefficient (Wildman–Crippen LogP) is 3.22. The molecule has 1 unspecified atom stereocenters. The molecule has 0 saturated heterocycles. The maximum absolute atomic E-state index is 10.7. The van der Waals surface area contributed by atoms with Gasteiger partial charge >= 0.3 is 0 Å². The number of nitrogens with zero attached hydrogens (tertiary/aromatic N) is 2. The first-order valence-electron chi connectivity index (χ1n) is 5.08. The van der Waals surface area contributed by atoms with Gasteiger partial charge in [-0.05, 0) is 5.56 Å². The van der Waals surface area contributed by atoms with Crippen LogP contribution in [0.15, 0.2) is 35.6 Å². The first-order chi connectivity index (χ1) is 6.96. The van der Waals surface area contributed by atoms with Crippen LogP contribution >= 0.6 is 0 Å². The van der Waals surface area contributed by atoms with Crippen molar-refractivity contribution < 1.29 is 0 Å². The zero-order chi connectivity index (χ0) is 11.5. The van der Waals surface area contributed by atoms with Crippen LogP contribution in [-0.2, 0) is 0 Å². The average molecular weight is 222 g/mol. The lowest BCUT2D eigenvalue weighted by molar-refractivity contribution is 0.315. The van der Waals surface area contributed by atoms with Crippen LogP contribution in [0.1, 0.15) is 11.2 Å². The summed E-state index contributed by atoms with van der Waals surface area (Å²) in [5.74, 6) is 0. The van der Waals surface area contributed by atoms with Gasteiger partial charge in [0.05, 0.1) is 19.0 Å². The highest BCUT2D eigenvalue weighted by atomic mass is 28.3. The third-order valence-corrected chi connectivity index (χ3v) is 4.79. The third-order valence-electron chi connectivity index (χ3n) is 2.44. The lowest BCUT2D eigenvalue weighted by atomic mass is 10.2. The summed E-state index contributed by atoms with van der Waals surface area (Å²) in [4.78, 5) is 10.7. The molecule has 0 aromatic heterocycles. The van der Waals surface area contributed by atoms with E-state index in [2.05, 4.69) is 37.1 Å². The van der Waals surface area contributed by atoms with Gasteiger partial charge in [-0.1, -0.05) is 50.0 Å². The molecule has 0 fully saturated rings. The molecule has 1 rings (SSSR count). The number of hydrogen-bond acceptors (Lipinski definition) is 2. The van der Waals surface area contributed by atoms with Crippen molar-refractivity contribution >= 4 is 8.07 Å². The molecule has 1 atom stereocenters. The quantitative estimate of drug-likeness (QED) is 0.445. The number of rotatable bonds is 4. The highest BCUT2D eigenvalue weighted by Gasteiger charge is 2.31. The van der Waals surface area contributed by atoms with Crippen LogP contribution in [0.3, 0.4) is 0 Å². The monoisotopic (exact) mass is 222 g/mol. The molecule has 1 aromatic carbocycles. The van der Waals surface area contributed by atoms with E-state index in [1.807, 2.05) is 18.2 Å². The third kappa shape index (κ3) is 2.89. The van der Waals surface area contributed by atoms with Crippen molar-refractivity contribution in [2.75, 3.05) is 7.05 Å². The number of hydrogen-bond donors (Lipinski definition) is 0. The van der Waals surface area contributed by atoms with Crippen molar-refractivity contribution in [3.05, 3.63) is 40.8 Å². The van der Waals surface area contributed by atoms with Gasteiger partial charge in [0.25, 0.3) is 0 Å². The molecule has 1 aromatic rings. The average Bonchev–Trinajstić information content (AvgIpc) is 2.17. The second-order valence-electron chi connectivity index (χ2n) is 4.83. The van der Waals surface area contributed by atoms with E-state index >= 15 is 0 Å². The number of nitroso groups, excluding NO2 is 1. The Hall–Kier alpha value is -1.16. The summed E-state index contributed by atoms with van der Waals surface area (Å²) in [6, 6.07) is 10.1. The molecule has 0 aliphatic carbocycles. The molecular formula is C11H18N2OSi. The predicted molar refractivity (Wildman–Crippen MR) is 66.1 cm³/mol. The van der Waals surface area contributed by atoms with Crippen LogP contribution in [0.2, 0.25) is 19.6 Å². The zero-order valence-electron chi connectivity index (χ0n) is 9.77. The molecule has 0 bridgehead atoms. The van der Waals surface area contributed by atoms with E-state index in [9.17, 15) is 4.91 Å². The minimum Gasteiger partial charge on any atom is -0.260 e. The summed E-state index contributed by atoms with van der Waals surface area (Å²) < 4.78 is 0. The van der Waals surface area contributed by atoms with E-state index in [0.29, 0.717) is 0 Å². The van der Waals surface area contributed by atoms with Crippen molar-refractivity contribution in [2.45, 2.75) is 25.3 Å². The highest BCUT2D eigenvalue weighted by Crippen LogP contribution is 2.29. The molecule has 0 spiro atoms. The molecule has 0 aliphatic heterocycles. The van der Waals surface area contributed by atoms with Gasteiger partial charge in [0.15, 0.2) is 0 Å². The number of benzene rings is 1. The van der Waals surface area contributed by atoms with Crippen molar-refractivity contribution in [3.8, 4) is 0 Å². The van der Waals surface area contributed by atoms with Crippen LogP contribution in [0.5, 0.6) is 0 Å². The Kier molecular flexibility index (Phi) is 3.63. The van der Waals surface area contributed by atoms with E-state index in [0.717, 1.165) is 0 Å². The maximum Gasteiger partial charge on any atom is 0.0785 e. The summed E-state index contributed by atoms with van der Waals surface area (Å²) in [6.45, 7) is 6.73. The molecule has 15 heavy (non-hydrogen) atoms. The fourth-order valence-electron chi connectivity index (χ4n) is 1.96. The Morgan fingerprint density at radius 3 is 2.13 bits per heavy atom. The van der Waals surface area contributed by atoms with E-state index in [4.69, 9.17) is 0 Å². The lowest BCUT2D eigenvalue weighted by Gasteiger charge is -2.33. The van der Waals surface area contributed by atoms with Crippen molar-refractivity contribution in [1.29, 1.82) is 0 Å². The summed E-state index contributed by atoms with van der Waals surface area (Å²) >= 11 is 0.